The molecule has 5 N–H and O–H groups in total. The first kappa shape index (κ1) is 31.2. The minimum atomic E-state index is -4.52. The molecule has 7 nitrogen and oxygen atoms in total. The Bertz CT molecular complexity index is 1400. The molecule has 0 bridgehead atoms. The Hall–Kier alpha value is -3.73. The smallest absolute Gasteiger partial charge is 0.390 e. The second-order valence-corrected chi connectivity index (χ2v) is 11.9. The lowest BCUT2D eigenvalue weighted by atomic mass is 9.88. The number of rotatable bonds is 9. The van der Waals surface area contributed by atoms with Gasteiger partial charge in [0, 0.05) is 13.0 Å². The van der Waals surface area contributed by atoms with Crippen LogP contribution in [0.5, 0.6) is 0 Å². The molecule has 4 unspecified atom stereocenters. The summed E-state index contributed by atoms with van der Waals surface area (Å²) < 4.78 is 40.8. The molecule has 0 spiro atoms. The summed E-state index contributed by atoms with van der Waals surface area (Å²) in [5.74, 6) is -2.35. The molecule has 1 aliphatic carbocycles. The van der Waals surface area contributed by atoms with Crippen LogP contribution in [0, 0.1) is 11.3 Å². The van der Waals surface area contributed by atoms with Crippen molar-refractivity contribution in [1.82, 2.24) is 16.1 Å². The van der Waals surface area contributed by atoms with Gasteiger partial charge in [-0.25, -0.2) is 5.48 Å². The van der Waals surface area contributed by atoms with Crippen molar-refractivity contribution < 1.29 is 33.1 Å². The van der Waals surface area contributed by atoms with E-state index in [-0.39, 0.29) is 17.4 Å². The average molecular weight is 584 g/mol. The van der Waals surface area contributed by atoms with E-state index in [2.05, 4.69) is 10.6 Å². The number of hydrogen-bond acceptors (Lipinski definition) is 5. The van der Waals surface area contributed by atoms with Gasteiger partial charge >= 0.3 is 6.18 Å². The van der Waals surface area contributed by atoms with Gasteiger partial charge < -0.3 is 15.7 Å². The number of alkyl halides is 3. The average Bonchev–Trinajstić information content (AvgIpc) is 3.26. The van der Waals surface area contributed by atoms with Crippen LogP contribution in [0.15, 0.2) is 72.8 Å². The number of carbonyl (C=O) groups excluding carboxylic acids is 2. The first-order valence-electron chi connectivity index (χ1n) is 13.8. The van der Waals surface area contributed by atoms with Gasteiger partial charge in [0.05, 0.1) is 23.6 Å². The summed E-state index contributed by atoms with van der Waals surface area (Å²) in [5, 5.41) is 26.3. The molecule has 0 aliphatic heterocycles. The van der Waals surface area contributed by atoms with Crippen LogP contribution in [-0.4, -0.2) is 40.8 Å². The molecule has 0 heterocycles. The predicted molar refractivity (Wildman–Crippen MR) is 152 cm³/mol. The summed E-state index contributed by atoms with van der Waals surface area (Å²) >= 11 is 0. The van der Waals surface area contributed by atoms with Crippen molar-refractivity contribution in [2.24, 2.45) is 11.3 Å². The molecule has 224 valence electrons. The standard InChI is InChI=1S/C32H36F3N3O4/c1-31(2,3)18-36-28(30(41)38-42)24(29(40)37-27-23-10-5-4-8-21(23)17-26(27)39)16-19-12-14-20(15-13-19)22-9-6-7-11-25(22)32(33,34)35/h4-15,24,26-28,36,39,42H,16-18H2,1-3H3,(H,37,40)(H,38,41). The van der Waals surface area contributed by atoms with Crippen LogP contribution in [0.4, 0.5) is 13.2 Å². The summed E-state index contributed by atoms with van der Waals surface area (Å²) in [5.41, 5.74) is 3.33. The molecule has 4 atom stereocenters. The largest absolute Gasteiger partial charge is 0.417 e. The Morgan fingerprint density at radius 2 is 1.57 bits per heavy atom. The van der Waals surface area contributed by atoms with Crippen molar-refractivity contribution in [2.75, 3.05) is 6.54 Å². The van der Waals surface area contributed by atoms with Gasteiger partial charge in [0.25, 0.3) is 5.91 Å². The maximum atomic E-state index is 13.8. The number of carbonyl (C=O) groups is 2. The lowest BCUT2D eigenvalue weighted by Gasteiger charge is -2.30. The van der Waals surface area contributed by atoms with Gasteiger partial charge in [-0.05, 0) is 45.7 Å². The highest BCUT2D eigenvalue weighted by molar-refractivity contribution is 5.90. The maximum absolute atomic E-state index is 13.8. The molecular weight excluding hydrogens is 547 g/mol. The number of aliphatic hydroxyl groups excluding tert-OH is 1. The summed E-state index contributed by atoms with van der Waals surface area (Å²) in [6.07, 6.45) is -4.97. The normalized spacial score (nSPS) is 18.2. The fraction of sp³-hybridized carbons (Fsp3) is 0.375. The van der Waals surface area contributed by atoms with Gasteiger partial charge in [0.1, 0.15) is 6.04 Å². The topological polar surface area (TPSA) is 111 Å². The van der Waals surface area contributed by atoms with E-state index < -0.39 is 47.7 Å². The van der Waals surface area contributed by atoms with Crippen molar-refractivity contribution in [3.05, 3.63) is 95.1 Å². The van der Waals surface area contributed by atoms with E-state index in [0.717, 1.165) is 17.2 Å². The van der Waals surface area contributed by atoms with Crippen LogP contribution < -0.4 is 16.1 Å². The molecule has 0 saturated heterocycles. The van der Waals surface area contributed by atoms with Crippen molar-refractivity contribution in [2.45, 2.75) is 58.0 Å². The van der Waals surface area contributed by atoms with Crippen molar-refractivity contribution in [3.8, 4) is 11.1 Å². The number of aliphatic hydroxyl groups is 1. The third kappa shape index (κ3) is 7.36. The Kier molecular flexibility index (Phi) is 9.40. The number of hydrogen-bond donors (Lipinski definition) is 5. The van der Waals surface area contributed by atoms with Gasteiger partial charge in [-0.3, -0.25) is 14.8 Å². The fourth-order valence-electron chi connectivity index (χ4n) is 5.33. The SMILES string of the molecule is CC(C)(C)CNC(C(=O)NO)C(Cc1ccc(-c2ccccc2C(F)(F)F)cc1)C(=O)NC1c2ccccc2CC1O. The molecule has 2 amide bonds. The van der Waals surface area contributed by atoms with E-state index in [9.17, 15) is 33.1 Å². The number of halogens is 3. The number of fused-ring (bicyclic) bond motifs is 1. The second-order valence-electron chi connectivity index (χ2n) is 11.9. The van der Waals surface area contributed by atoms with Gasteiger partial charge in [-0.15, -0.1) is 0 Å². The second kappa shape index (κ2) is 12.6. The third-order valence-corrected chi connectivity index (χ3v) is 7.44. The van der Waals surface area contributed by atoms with E-state index in [4.69, 9.17) is 0 Å². The van der Waals surface area contributed by atoms with E-state index in [1.54, 1.807) is 29.7 Å². The zero-order valence-electron chi connectivity index (χ0n) is 23.7. The molecule has 0 aromatic heterocycles. The lowest BCUT2D eigenvalue weighted by molar-refractivity contribution is -0.138. The lowest BCUT2D eigenvalue weighted by Crippen LogP contribution is -2.55. The van der Waals surface area contributed by atoms with Crippen molar-refractivity contribution in [1.29, 1.82) is 0 Å². The minimum absolute atomic E-state index is 0.0316. The van der Waals surface area contributed by atoms with Crippen LogP contribution in [-0.2, 0) is 28.6 Å². The number of hydroxylamine groups is 1. The highest BCUT2D eigenvalue weighted by Crippen LogP contribution is 2.37. The van der Waals surface area contributed by atoms with Crippen LogP contribution >= 0.6 is 0 Å². The van der Waals surface area contributed by atoms with Gasteiger partial charge in [-0.1, -0.05) is 87.5 Å². The predicted octanol–water partition coefficient (Wildman–Crippen LogP) is 4.82. The van der Waals surface area contributed by atoms with Crippen molar-refractivity contribution >= 4 is 11.8 Å². The van der Waals surface area contributed by atoms with Crippen LogP contribution in [0.25, 0.3) is 11.1 Å². The minimum Gasteiger partial charge on any atom is -0.390 e. The summed E-state index contributed by atoms with van der Waals surface area (Å²) in [7, 11) is 0. The number of amides is 2. The summed E-state index contributed by atoms with van der Waals surface area (Å²) in [6.45, 7) is 6.20. The Morgan fingerprint density at radius 1 is 0.929 bits per heavy atom. The van der Waals surface area contributed by atoms with E-state index in [1.165, 1.54) is 18.2 Å². The quantitative estimate of drug-likeness (QED) is 0.183. The zero-order valence-corrected chi connectivity index (χ0v) is 23.7. The summed E-state index contributed by atoms with van der Waals surface area (Å²) in [4.78, 5) is 26.7. The molecule has 10 heteroatoms. The van der Waals surface area contributed by atoms with Gasteiger partial charge in [0.2, 0.25) is 5.91 Å². The Balaban J connectivity index is 1.65. The molecule has 1 aliphatic rings. The van der Waals surface area contributed by atoms with E-state index in [0.29, 0.717) is 24.1 Å². The summed E-state index contributed by atoms with van der Waals surface area (Å²) in [6, 6.07) is 17.2. The molecule has 0 saturated carbocycles. The van der Waals surface area contributed by atoms with Gasteiger partial charge in [-0.2, -0.15) is 13.2 Å². The molecule has 0 radical (unpaired) electrons. The van der Waals surface area contributed by atoms with E-state index in [1.807, 2.05) is 45.0 Å². The Labute approximate surface area is 243 Å². The third-order valence-electron chi connectivity index (χ3n) is 7.44. The molecule has 3 aromatic carbocycles. The maximum Gasteiger partial charge on any atom is 0.417 e. The molecular formula is C32H36F3N3O4. The highest BCUT2D eigenvalue weighted by atomic mass is 19.4. The first-order valence-corrected chi connectivity index (χ1v) is 13.8. The molecule has 0 fully saturated rings. The molecule has 3 aromatic rings. The number of nitrogens with one attached hydrogen (secondary N) is 3. The van der Waals surface area contributed by atoms with Gasteiger partial charge in [0.15, 0.2) is 0 Å². The first-order chi connectivity index (χ1) is 19.8. The van der Waals surface area contributed by atoms with Crippen LogP contribution in [0.3, 0.4) is 0 Å². The highest BCUT2D eigenvalue weighted by Gasteiger charge is 2.39. The fourth-order valence-corrected chi connectivity index (χ4v) is 5.33. The molecule has 42 heavy (non-hydrogen) atoms. The molecule has 4 rings (SSSR count). The Morgan fingerprint density at radius 3 is 2.21 bits per heavy atom. The monoisotopic (exact) mass is 583 g/mol. The number of benzene rings is 3. The van der Waals surface area contributed by atoms with Crippen molar-refractivity contribution in [3.63, 3.8) is 0 Å². The van der Waals surface area contributed by atoms with E-state index >= 15 is 0 Å². The van der Waals surface area contributed by atoms with Crippen LogP contribution in [0.2, 0.25) is 0 Å². The van der Waals surface area contributed by atoms with Crippen LogP contribution in [0.1, 0.15) is 49.1 Å². The zero-order chi connectivity index (χ0) is 30.7.